The van der Waals surface area contributed by atoms with E-state index in [1.54, 1.807) is 0 Å². The van der Waals surface area contributed by atoms with E-state index in [2.05, 4.69) is 5.92 Å². The van der Waals surface area contributed by atoms with E-state index in [9.17, 15) is 0 Å². The summed E-state index contributed by atoms with van der Waals surface area (Å²) in [7, 11) is 0. The molecule has 2 N–H and O–H groups in total. The highest BCUT2D eigenvalue weighted by atomic mass is 16.5. The van der Waals surface area contributed by atoms with Gasteiger partial charge >= 0.3 is 0 Å². The van der Waals surface area contributed by atoms with E-state index in [4.69, 9.17) is 16.9 Å². The molecule has 1 fully saturated rings. The fourth-order valence-electron chi connectivity index (χ4n) is 1.68. The lowest BCUT2D eigenvalue weighted by Crippen LogP contribution is -2.30. The van der Waals surface area contributed by atoms with Crippen molar-refractivity contribution in [2.24, 2.45) is 5.73 Å². The van der Waals surface area contributed by atoms with Crippen LogP contribution in [0.25, 0.3) is 0 Å². The van der Waals surface area contributed by atoms with Crippen molar-refractivity contribution in [2.75, 3.05) is 6.61 Å². The molecule has 1 rings (SSSR count). The molecule has 0 radical (unpaired) electrons. The van der Waals surface area contributed by atoms with Gasteiger partial charge in [-0.15, -0.1) is 12.3 Å². The van der Waals surface area contributed by atoms with E-state index in [0.29, 0.717) is 12.1 Å². The zero-order valence-electron chi connectivity index (χ0n) is 8.17. The Kier molecular flexibility index (Phi) is 4.88. The second kappa shape index (κ2) is 6.01. The average Bonchev–Trinajstić information content (AvgIpc) is 2.15. The van der Waals surface area contributed by atoms with Crippen molar-refractivity contribution in [3.63, 3.8) is 0 Å². The molecule has 0 heterocycles. The van der Waals surface area contributed by atoms with E-state index in [-0.39, 0.29) is 0 Å². The standard InChI is InChI=1S/C11H19NO/c1-2-3-4-9-13-11-7-5-10(12)6-8-11/h1,10-11H,3-9,12H2. The lowest BCUT2D eigenvalue weighted by atomic mass is 9.94. The van der Waals surface area contributed by atoms with E-state index in [1.807, 2.05) is 0 Å². The van der Waals surface area contributed by atoms with Gasteiger partial charge in [-0.2, -0.15) is 0 Å². The Morgan fingerprint density at radius 1 is 1.31 bits per heavy atom. The predicted molar refractivity (Wildman–Crippen MR) is 54.3 cm³/mol. The van der Waals surface area contributed by atoms with Crippen LogP contribution in [0.4, 0.5) is 0 Å². The zero-order chi connectivity index (χ0) is 9.52. The number of hydrogen-bond donors (Lipinski definition) is 1. The summed E-state index contributed by atoms with van der Waals surface area (Å²) < 4.78 is 5.68. The summed E-state index contributed by atoms with van der Waals surface area (Å²) in [6, 6.07) is 0.408. The van der Waals surface area contributed by atoms with Crippen LogP contribution < -0.4 is 5.73 Å². The minimum absolute atomic E-state index is 0.408. The van der Waals surface area contributed by atoms with Crippen LogP contribution in [0.5, 0.6) is 0 Å². The first kappa shape index (κ1) is 10.6. The molecule has 0 atom stereocenters. The monoisotopic (exact) mass is 181 g/mol. The van der Waals surface area contributed by atoms with Crippen molar-refractivity contribution in [2.45, 2.75) is 50.7 Å². The number of hydrogen-bond acceptors (Lipinski definition) is 2. The number of unbranched alkanes of at least 4 members (excludes halogenated alkanes) is 1. The largest absolute Gasteiger partial charge is 0.378 e. The highest BCUT2D eigenvalue weighted by Gasteiger charge is 2.18. The number of ether oxygens (including phenoxy) is 1. The number of terminal acetylenes is 1. The molecule has 0 saturated heterocycles. The van der Waals surface area contributed by atoms with Crippen LogP contribution in [0.1, 0.15) is 38.5 Å². The highest BCUT2D eigenvalue weighted by Crippen LogP contribution is 2.19. The lowest BCUT2D eigenvalue weighted by Gasteiger charge is -2.26. The SMILES string of the molecule is C#CCCCOC1CCC(N)CC1. The highest BCUT2D eigenvalue weighted by molar-refractivity contribution is 4.83. The Morgan fingerprint density at radius 2 is 2.00 bits per heavy atom. The van der Waals surface area contributed by atoms with Gasteiger partial charge in [-0.05, 0) is 32.1 Å². The molecule has 0 amide bonds. The molecule has 74 valence electrons. The van der Waals surface area contributed by atoms with Crippen LogP contribution in [0.2, 0.25) is 0 Å². The van der Waals surface area contributed by atoms with Gasteiger partial charge in [0, 0.05) is 19.1 Å². The molecule has 0 aliphatic heterocycles. The van der Waals surface area contributed by atoms with Gasteiger partial charge in [0.1, 0.15) is 0 Å². The van der Waals surface area contributed by atoms with Crippen molar-refractivity contribution in [3.8, 4) is 12.3 Å². The van der Waals surface area contributed by atoms with Gasteiger partial charge in [0.15, 0.2) is 0 Å². The fourth-order valence-corrected chi connectivity index (χ4v) is 1.68. The number of nitrogens with two attached hydrogens (primary N) is 1. The molecule has 0 aromatic heterocycles. The Morgan fingerprint density at radius 3 is 2.62 bits per heavy atom. The van der Waals surface area contributed by atoms with Gasteiger partial charge in [0.05, 0.1) is 6.10 Å². The third-order valence-corrected chi connectivity index (χ3v) is 2.54. The van der Waals surface area contributed by atoms with Gasteiger partial charge in [-0.25, -0.2) is 0 Å². The van der Waals surface area contributed by atoms with Crippen molar-refractivity contribution in [3.05, 3.63) is 0 Å². The van der Waals surface area contributed by atoms with Crippen molar-refractivity contribution in [1.82, 2.24) is 0 Å². The Bertz CT molecular complexity index is 165. The first-order valence-electron chi connectivity index (χ1n) is 5.13. The quantitative estimate of drug-likeness (QED) is 0.529. The van der Waals surface area contributed by atoms with Crippen LogP contribution >= 0.6 is 0 Å². The molecule has 1 aliphatic carbocycles. The predicted octanol–water partition coefficient (Wildman–Crippen LogP) is 1.69. The summed E-state index contributed by atoms with van der Waals surface area (Å²) in [6.45, 7) is 0.810. The topological polar surface area (TPSA) is 35.2 Å². The lowest BCUT2D eigenvalue weighted by molar-refractivity contribution is 0.0245. The van der Waals surface area contributed by atoms with Crippen LogP contribution in [0, 0.1) is 12.3 Å². The zero-order valence-corrected chi connectivity index (χ0v) is 8.17. The maximum Gasteiger partial charge on any atom is 0.0576 e. The molecule has 2 heteroatoms. The molecule has 0 unspecified atom stereocenters. The molecule has 13 heavy (non-hydrogen) atoms. The van der Waals surface area contributed by atoms with Crippen LogP contribution in [0.3, 0.4) is 0 Å². The van der Waals surface area contributed by atoms with Gasteiger partial charge < -0.3 is 10.5 Å². The minimum Gasteiger partial charge on any atom is -0.378 e. The molecule has 1 aliphatic rings. The molecule has 0 aromatic rings. The van der Waals surface area contributed by atoms with E-state index < -0.39 is 0 Å². The number of rotatable bonds is 4. The van der Waals surface area contributed by atoms with Crippen LogP contribution in [0.15, 0.2) is 0 Å². The summed E-state index contributed by atoms with van der Waals surface area (Å²) in [5, 5.41) is 0. The molecule has 0 aromatic carbocycles. The molecule has 1 saturated carbocycles. The Hall–Kier alpha value is -0.520. The van der Waals surface area contributed by atoms with Crippen molar-refractivity contribution in [1.29, 1.82) is 0 Å². The molecular weight excluding hydrogens is 162 g/mol. The smallest absolute Gasteiger partial charge is 0.0576 e. The summed E-state index contributed by atoms with van der Waals surface area (Å²) in [4.78, 5) is 0. The normalized spacial score (nSPS) is 28.3. The third kappa shape index (κ3) is 4.31. The molecular formula is C11H19NO. The molecule has 0 bridgehead atoms. The summed E-state index contributed by atoms with van der Waals surface area (Å²) in [6.07, 6.45) is 11.9. The minimum atomic E-state index is 0.408. The van der Waals surface area contributed by atoms with E-state index in [1.165, 1.54) is 0 Å². The second-order valence-corrected chi connectivity index (χ2v) is 3.72. The van der Waals surface area contributed by atoms with Gasteiger partial charge in [0.2, 0.25) is 0 Å². The summed E-state index contributed by atoms with van der Waals surface area (Å²) in [5.41, 5.74) is 5.79. The first-order valence-corrected chi connectivity index (χ1v) is 5.13. The fraction of sp³-hybridized carbons (Fsp3) is 0.818. The van der Waals surface area contributed by atoms with Crippen LogP contribution in [-0.4, -0.2) is 18.8 Å². The van der Waals surface area contributed by atoms with Gasteiger partial charge in [-0.1, -0.05) is 0 Å². The van der Waals surface area contributed by atoms with Crippen molar-refractivity contribution < 1.29 is 4.74 Å². The Labute approximate surface area is 80.8 Å². The van der Waals surface area contributed by atoms with E-state index >= 15 is 0 Å². The Balaban J connectivity index is 2.00. The third-order valence-electron chi connectivity index (χ3n) is 2.54. The molecule has 0 spiro atoms. The maximum atomic E-state index is 5.79. The summed E-state index contributed by atoms with van der Waals surface area (Å²) >= 11 is 0. The van der Waals surface area contributed by atoms with Crippen LogP contribution in [-0.2, 0) is 4.74 Å². The first-order chi connectivity index (χ1) is 6.33. The van der Waals surface area contributed by atoms with Gasteiger partial charge in [0.25, 0.3) is 0 Å². The summed E-state index contributed by atoms with van der Waals surface area (Å²) in [5.74, 6) is 2.61. The van der Waals surface area contributed by atoms with Gasteiger partial charge in [-0.3, -0.25) is 0 Å². The average molecular weight is 181 g/mol. The maximum absolute atomic E-state index is 5.79. The molecule has 2 nitrogen and oxygen atoms in total. The van der Waals surface area contributed by atoms with Crippen molar-refractivity contribution >= 4 is 0 Å². The second-order valence-electron chi connectivity index (χ2n) is 3.72. The van der Waals surface area contributed by atoms with E-state index in [0.717, 1.165) is 45.1 Å².